The van der Waals surface area contributed by atoms with E-state index in [1.165, 1.54) is 0 Å². The summed E-state index contributed by atoms with van der Waals surface area (Å²) in [6.45, 7) is 7.61. The average molecular weight is 294 g/mol. The molecular formula is C13H18N4O2S. The van der Waals surface area contributed by atoms with Gasteiger partial charge in [-0.05, 0) is 27.7 Å². The average Bonchev–Trinajstić information content (AvgIpc) is 2.79. The molecule has 1 unspecified atom stereocenters. The van der Waals surface area contributed by atoms with Crippen LogP contribution in [0.2, 0.25) is 0 Å². The molecule has 108 valence electrons. The molecular weight excluding hydrogens is 276 g/mol. The Balaban J connectivity index is 2.35. The zero-order valence-electron chi connectivity index (χ0n) is 12.2. The van der Waals surface area contributed by atoms with Crippen molar-refractivity contribution in [2.24, 2.45) is 7.05 Å². The quantitative estimate of drug-likeness (QED) is 0.906. The number of aromatic carboxylic acids is 1. The summed E-state index contributed by atoms with van der Waals surface area (Å²) in [6, 6.07) is -0.0194. The Morgan fingerprint density at radius 2 is 2.00 bits per heavy atom. The monoisotopic (exact) mass is 294 g/mol. The first-order chi connectivity index (χ1) is 9.31. The molecule has 0 amide bonds. The highest BCUT2D eigenvalue weighted by atomic mass is 32.1. The summed E-state index contributed by atoms with van der Waals surface area (Å²) >= 11 is 1.62. The topological polar surface area (TPSA) is 80.0 Å². The van der Waals surface area contributed by atoms with Crippen molar-refractivity contribution in [2.75, 3.05) is 5.32 Å². The fraction of sp³-hybridized carbons (Fsp3) is 0.462. The number of nitrogens with one attached hydrogen (secondary N) is 1. The molecule has 0 fully saturated rings. The van der Waals surface area contributed by atoms with Crippen molar-refractivity contribution in [3.05, 3.63) is 26.8 Å². The molecule has 0 bridgehead atoms. The molecule has 0 aliphatic carbocycles. The smallest absolute Gasteiger partial charge is 0.341 e. The van der Waals surface area contributed by atoms with Gasteiger partial charge in [0.25, 0.3) is 0 Å². The number of nitrogens with zero attached hydrogens (tertiary/aromatic N) is 3. The summed E-state index contributed by atoms with van der Waals surface area (Å²) in [5.74, 6) is -0.449. The number of aromatic nitrogens is 3. The van der Waals surface area contributed by atoms with Gasteiger partial charge in [0, 0.05) is 11.9 Å². The molecule has 0 saturated heterocycles. The molecule has 20 heavy (non-hydrogen) atoms. The predicted octanol–water partition coefficient (Wildman–Crippen LogP) is 2.67. The van der Waals surface area contributed by atoms with E-state index in [1.807, 2.05) is 20.8 Å². The van der Waals surface area contributed by atoms with Crippen LogP contribution in [0.5, 0.6) is 0 Å². The van der Waals surface area contributed by atoms with E-state index in [0.717, 1.165) is 15.6 Å². The number of carboxylic acids is 1. The SMILES string of the molecule is Cc1nc(C)c(C(C)Nc2c(C(=O)O)c(C)nn2C)s1. The first-order valence-corrected chi connectivity index (χ1v) is 7.10. The number of anilines is 1. The first kappa shape index (κ1) is 14.5. The lowest BCUT2D eigenvalue weighted by Crippen LogP contribution is -2.13. The lowest BCUT2D eigenvalue weighted by molar-refractivity contribution is 0.0697. The molecule has 2 rings (SSSR count). The Morgan fingerprint density at radius 1 is 1.35 bits per heavy atom. The van der Waals surface area contributed by atoms with Crippen molar-refractivity contribution >= 4 is 23.1 Å². The largest absolute Gasteiger partial charge is 0.477 e. The predicted molar refractivity (Wildman–Crippen MR) is 78.5 cm³/mol. The van der Waals surface area contributed by atoms with Crippen LogP contribution in [0.1, 0.15) is 44.6 Å². The van der Waals surface area contributed by atoms with E-state index < -0.39 is 5.97 Å². The number of aryl methyl sites for hydroxylation is 4. The van der Waals surface area contributed by atoms with E-state index in [4.69, 9.17) is 0 Å². The van der Waals surface area contributed by atoms with E-state index in [9.17, 15) is 9.90 Å². The molecule has 0 spiro atoms. The molecule has 0 radical (unpaired) electrons. The number of carboxylic acid groups (broad SMARTS) is 1. The molecule has 2 aromatic heterocycles. The highest BCUT2D eigenvalue weighted by molar-refractivity contribution is 7.11. The van der Waals surface area contributed by atoms with Gasteiger partial charge >= 0.3 is 5.97 Å². The van der Waals surface area contributed by atoms with E-state index >= 15 is 0 Å². The molecule has 0 aliphatic heterocycles. The Kier molecular flexibility index (Phi) is 3.80. The third-order valence-corrected chi connectivity index (χ3v) is 4.38. The molecule has 0 saturated carbocycles. The standard InChI is InChI=1S/C13H18N4O2S/c1-6-10(13(18)19)12(17(5)16-6)15-8(3)11-7(2)14-9(4)20-11/h8,15H,1-5H3,(H,18,19). The maximum absolute atomic E-state index is 11.3. The molecule has 6 nitrogen and oxygen atoms in total. The van der Waals surface area contributed by atoms with Gasteiger partial charge in [-0.2, -0.15) is 5.10 Å². The maximum Gasteiger partial charge on any atom is 0.341 e. The van der Waals surface area contributed by atoms with E-state index in [0.29, 0.717) is 11.5 Å². The van der Waals surface area contributed by atoms with Crippen molar-refractivity contribution in [2.45, 2.75) is 33.7 Å². The molecule has 2 heterocycles. The highest BCUT2D eigenvalue weighted by Gasteiger charge is 2.22. The zero-order valence-corrected chi connectivity index (χ0v) is 13.0. The highest BCUT2D eigenvalue weighted by Crippen LogP contribution is 2.29. The second kappa shape index (κ2) is 5.24. The van der Waals surface area contributed by atoms with E-state index in [2.05, 4.69) is 15.4 Å². The van der Waals surface area contributed by atoms with Crippen LogP contribution < -0.4 is 5.32 Å². The second-order valence-electron chi connectivity index (χ2n) is 4.79. The van der Waals surface area contributed by atoms with Gasteiger partial charge in [-0.25, -0.2) is 9.78 Å². The number of hydrogen-bond acceptors (Lipinski definition) is 5. The zero-order chi connectivity index (χ0) is 15.0. The van der Waals surface area contributed by atoms with Crippen LogP contribution in [0.4, 0.5) is 5.82 Å². The van der Waals surface area contributed by atoms with Crippen LogP contribution in [-0.4, -0.2) is 25.8 Å². The Bertz CT molecular complexity index is 660. The van der Waals surface area contributed by atoms with Crippen molar-refractivity contribution in [1.82, 2.24) is 14.8 Å². The van der Waals surface area contributed by atoms with Gasteiger partial charge in [0.15, 0.2) is 0 Å². The van der Waals surface area contributed by atoms with E-state index in [-0.39, 0.29) is 11.6 Å². The molecule has 7 heteroatoms. The number of carbonyl (C=O) groups is 1. The summed E-state index contributed by atoms with van der Waals surface area (Å²) < 4.78 is 1.57. The Labute approximate surface area is 121 Å². The summed E-state index contributed by atoms with van der Waals surface area (Å²) in [5, 5.41) is 17.7. The lowest BCUT2D eigenvalue weighted by atomic mass is 10.2. The second-order valence-corrected chi connectivity index (χ2v) is 6.02. The number of thiazole rings is 1. The van der Waals surface area contributed by atoms with Crippen LogP contribution in [0, 0.1) is 20.8 Å². The summed E-state index contributed by atoms with van der Waals surface area (Å²) in [4.78, 5) is 16.8. The first-order valence-electron chi connectivity index (χ1n) is 6.28. The van der Waals surface area contributed by atoms with Crippen LogP contribution >= 0.6 is 11.3 Å². The number of rotatable bonds is 4. The van der Waals surface area contributed by atoms with Gasteiger partial charge in [-0.1, -0.05) is 0 Å². The van der Waals surface area contributed by atoms with Gasteiger partial charge in [0.1, 0.15) is 11.4 Å². The minimum Gasteiger partial charge on any atom is -0.477 e. The minimum atomic E-state index is -0.970. The molecule has 0 aromatic carbocycles. The Hall–Kier alpha value is -1.89. The van der Waals surface area contributed by atoms with Gasteiger partial charge in [-0.3, -0.25) is 4.68 Å². The molecule has 1 atom stereocenters. The number of hydrogen-bond donors (Lipinski definition) is 2. The minimum absolute atomic E-state index is 0.0194. The fourth-order valence-corrected chi connectivity index (χ4v) is 3.23. The third kappa shape index (κ3) is 2.53. The van der Waals surface area contributed by atoms with Gasteiger partial charge < -0.3 is 10.4 Å². The molecule has 2 aromatic rings. The fourth-order valence-electron chi connectivity index (χ4n) is 2.30. The van der Waals surface area contributed by atoms with E-state index in [1.54, 1.807) is 30.0 Å². The van der Waals surface area contributed by atoms with Crippen LogP contribution in [-0.2, 0) is 7.05 Å². The summed E-state index contributed by atoms with van der Waals surface area (Å²) in [7, 11) is 1.74. The van der Waals surface area contributed by atoms with Crippen LogP contribution in [0.25, 0.3) is 0 Å². The van der Waals surface area contributed by atoms with Gasteiger partial charge in [0.2, 0.25) is 0 Å². The van der Waals surface area contributed by atoms with Crippen molar-refractivity contribution < 1.29 is 9.90 Å². The molecule has 2 N–H and O–H groups in total. The molecule has 0 aliphatic rings. The third-order valence-electron chi connectivity index (χ3n) is 3.12. The van der Waals surface area contributed by atoms with Gasteiger partial charge in [-0.15, -0.1) is 11.3 Å². The maximum atomic E-state index is 11.3. The Morgan fingerprint density at radius 3 is 2.50 bits per heavy atom. The van der Waals surface area contributed by atoms with Crippen LogP contribution in [0.3, 0.4) is 0 Å². The summed E-state index contributed by atoms with van der Waals surface area (Å²) in [6.07, 6.45) is 0. The lowest BCUT2D eigenvalue weighted by Gasteiger charge is -2.15. The normalized spacial score (nSPS) is 12.4. The van der Waals surface area contributed by atoms with Crippen LogP contribution in [0.15, 0.2) is 0 Å². The summed E-state index contributed by atoms with van der Waals surface area (Å²) in [5.41, 5.74) is 1.70. The van der Waals surface area contributed by atoms with Crippen molar-refractivity contribution in [3.8, 4) is 0 Å². The van der Waals surface area contributed by atoms with Crippen molar-refractivity contribution in [3.63, 3.8) is 0 Å². The van der Waals surface area contributed by atoms with Crippen molar-refractivity contribution in [1.29, 1.82) is 0 Å². The van der Waals surface area contributed by atoms with Gasteiger partial charge in [0.05, 0.1) is 22.4 Å².